The molecule has 0 spiro atoms. The van der Waals surface area contributed by atoms with Crippen LogP contribution in [-0.2, 0) is 6.54 Å². The summed E-state index contributed by atoms with van der Waals surface area (Å²) in [4.78, 5) is 0. The number of anilines is 1. The molecule has 0 atom stereocenters. The lowest BCUT2D eigenvalue weighted by Gasteiger charge is -2.13. The molecular formula is C14H16BrNO. The SMILES string of the molecule is Cc1cc(C)c(NCc2occc2Br)c(C)c1. The highest BCUT2D eigenvalue weighted by molar-refractivity contribution is 9.10. The second-order valence-electron chi connectivity index (χ2n) is 4.32. The number of hydrogen-bond acceptors (Lipinski definition) is 2. The van der Waals surface area contributed by atoms with Crippen LogP contribution in [-0.4, -0.2) is 0 Å². The molecule has 1 N–H and O–H groups in total. The second kappa shape index (κ2) is 4.96. The van der Waals surface area contributed by atoms with E-state index in [-0.39, 0.29) is 0 Å². The molecule has 0 bridgehead atoms. The zero-order valence-electron chi connectivity index (χ0n) is 10.3. The number of furan rings is 1. The number of halogens is 1. The van der Waals surface area contributed by atoms with Gasteiger partial charge in [0.05, 0.1) is 17.3 Å². The van der Waals surface area contributed by atoms with Crippen LogP contribution in [0.4, 0.5) is 5.69 Å². The van der Waals surface area contributed by atoms with Crippen molar-refractivity contribution in [2.24, 2.45) is 0 Å². The van der Waals surface area contributed by atoms with Gasteiger partial charge in [0.25, 0.3) is 0 Å². The monoisotopic (exact) mass is 293 g/mol. The van der Waals surface area contributed by atoms with Crippen molar-refractivity contribution in [3.05, 3.63) is 51.4 Å². The topological polar surface area (TPSA) is 25.2 Å². The van der Waals surface area contributed by atoms with E-state index < -0.39 is 0 Å². The third-order valence-electron chi connectivity index (χ3n) is 2.79. The largest absolute Gasteiger partial charge is 0.466 e. The minimum Gasteiger partial charge on any atom is -0.466 e. The first-order chi connectivity index (χ1) is 8.08. The van der Waals surface area contributed by atoms with Crippen LogP contribution in [0.25, 0.3) is 0 Å². The minimum absolute atomic E-state index is 0.693. The summed E-state index contributed by atoms with van der Waals surface area (Å²) in [5.74, 6) is 0.921. The van der Waals surface area contributed by atoms with Gasteiger partial charge in [-0.1, -0.05) is 17.7 Å². The molecule has 0 amide bonds. The molecule has 0 aliphatic rings. The molecule has 1 aromatic heterocycles. The number of benzene rings is 1. The highest BCUT2D eigenvalue weighted by atomic mass is 79.9. The smallest absolute Gasteiger partial charge is 0.136 e. The molecule has 0 unspecified atom stereocenters. The summed E-state index contributed by atoms with van der Waals surface area (Å²) in [6, 6.07) is 6.28. The second-order valence-corrected chi connectivity index (χ2v) is 5.17. The average molecular weight is 294 g/mol. The maximum Gasteiger partial charge on any atom is 0.136 e. The van der Waals surface area contributed by atoms with Crippen LogP contribution in [0, 0.1) is 20.8 Å². The average Bonchev–Trinajstić information content (AvgIpc) is 2.62. The molecular weight excluding hydrogens is 278 g/mol. The predicted octanol–water partition coefficient (Wildman–Crippen LogP) is 4.58. The lowest BCUT2D eigenvalue weighted by molar-refractivity contribution is 0.516. The van der Waals surface area contributed by atoms with Gasteiger partial charge in [0.15, 0.2) is 0 Å². The van der Waals surface area contributed by atoms with E-state index in [1.807, 2.05) is 6.07 Å². The van der Waals surface area contributed by atoms with E-state index in [0.717, 1.165) is 10.2 Å². The van der Waals surface area contributed by atoms with Crippen LogP contribution in [0.1, 0.15) is 22.5 Å². The van der Waals surface area contributed by atoms with Crippen LogP contribution in [0.2, 0.25) is 0 Å². The molecule has 0 aliphatic carbocycles. The van der Waals surface area contributed by atoms with Gasteiger partial charge in [0.1, 0.15) is 5.76 Å². The Kier molecular flexibility index (Phi) is 3.57. The van der Waals surface area contributed by atoms with E-state index >= 15 is 0 Å². The number of hydrogen-bond donors (Lipinski definition) is 1. The van der Waals surface area contributed by atoms with Crippen LogP contribution in [0.3, 0.4) is 0 Å². The quantitative estimate of drug-likeness (QED) is 0.896. The number of rotatable bonds is 3. The fourth-order valence-corrected chi connectivity index (χ4v) is 2.42. The van der Waals surface area contributed by atoms with Crippen LogP contribution in [0.15, 0.2) is 33.4 Å². The molecule has 0 saturated carbocycles. The van der Waals surface area contributed by atoms with Crippen molar-refractivity contribution in [2.45, 2.75) is 27.3 Å². The molecule has 0 fully saturated rings. The van der Waals surface area contributed by atoms with E-state index in [2.05, 4.69) is 54.2 Å². The van der Waals surface area contributed by atoms with Gasteiger partial charge in [-0.25, -0.2) is 0 Å². The maximum absolute atomic E-state index is 5.38. The maximum atomic E-state index is 5.38. The molecule has 0 radical (unpaired) electrons. The van der Waals surface area contributed by atoms with Gasteiger partial charge in [-0.05, 0) is 53.9 Å². The molecule has 1 aromatic carbocycles. The normalized spacial score (nSPS) is 10.6. The first-order valence-corrected chi connectivity index (χ1v) is 6.41. The van der Waals surface area contributed by atoms with E-state index in [1.54, 1.807) is 6.26 Å². The molecule has 2 rings (SSSR count). The summed E-state index contributed by atoms with van der Waals surface area (Å²) in [6.07, 6.45) is 1.69. The van der Waals surface area contributed by atoms with Crippen molar-refractivity contribution in [3.63, 3.8) is 0 Å². The van der Waals surface area contributed by atoms with Crippen molar-refractivity contribution in [2.75, 3.05) is 5.32 Å². The van der Waals surface area contributed by atoms with Crippen molar-refractivity contribution in [1.29, 1.82) is 0 Å². The predicted molar refractivity (Wildman–Crippen MR) is 74.4 cm³/mol. The van der Waals surface area contributed by atoms with Gasteiger partial charge >= 0.3 is 0 Å². The Hall–Kier alpha value is -1.22. The fourth-order valence-electron chi connectivity index (χ4n) is 2.08. The Labute approximate surface area is 110 Å². The summed E-state index contributed by atoms with van der Waals surface area (Å²) in [7, 11) is 0. The third-order valence-corrected chi connectivity index (χ3v) is 3.50. The Morgan fingerprint density at radius 3 is 2.35 bits per heavy atom. The first-order valence-electron chi connectivity index (χ1n) is 5.61. The Morgan fingerprint density at radius 1 is 1.18 bits per heavy atom. The standard InChI is InChI=1S/C14H16BrNO/c1-9-6-10(2)14(11(3)7-9)16-8-13-12(15)4-5-17-13/h4-7,16H,8H2,1-3H3. The lowest BCUT2D eigenvalue weighted by Crippen LogP contribution is -2.03. The molecule has 17 heavy (non-hydrogen) atoms. The number of nitrogens with one attached hydrogen (secondary N) is 1. The van der Waals surface area contributed by atoms with Gasteiger partial charge in [-0.2, -0.15) is 0 Å². The van der Waals surface area contributed by atoms with Crippen LogP contribution < -0.4 is 5.32 Å². The highest BCUT2D eigenvalue weighted by Crippen LogP contribution is 2.24. The van der Waals surface area contributed by atoms with Crippen molar-refractivity contribution < 1.29 is 4.42 Å². The number of aryl methyl sites for hydroxylation is 3. The zero-order chi connectivity index (χ0) is 12.4. The van der Waals surface area contributed by atoms with Crippen molar-refractivity contribution in [1.82, 2.24) is 0 Å². The summed E-state index contributed by atoms with van der Waals surface area (Å²) in [5, 5.41) is 3.43. The van der Waals surface area contributed by atoms with Gasteiger partial charge in [-0.3, -0.25) is 0 Å². The van der Waals surface area contributed by atoms with Gasteiger partial charge in [-0.15, -0.1) is 0 Å². The highest BCUT2D eigenvalue weighted by Gasteiger charge is 2.06. The molecule has 0 saturated heterocycles. The molecule has 1 heterocycles. The molecule has 0 aliphatic heterocycles. The lowest BCUT2D eigenvalue weighted by atomic mass is 10.1. The Bertz CT molecular complexity index is 508. The first kappa shape index (κ1) is 12.2. The summed E-state index contributed by atoms with van der Waals surface area (Å²) in [5.41, 5.74) is 5.03. The summed E-state index contributed by atoms with van der Waals surface area (Å²) < 4.78 is 6.39. The summed E-state index contributed by atoms with van der Waals surface area (Å²) >= 11 is 3.45. The van der Waals surface area contributed by atoms with Crippen molar-refractivity contribution >= 4 is 21.6 Å². The van der Waals surface area contributed by atoms with Gasteiger partial charge in [0.2, 0.25) is 0 Å². The molecule has 2 aromatic rings. The van der Waals surface area contributed by atoms with Crippen LogP contribution >= 0.6 is 15.9 Å². The molecule has 2 nitrogen and oxygen atoms in total. The minimum atomic E-state index is 0.693. The van der Waals surface area contributed by atoms with E-state index in [4.69, 9.17) is 4.42 Å². The van der Waals surface area contributed by atoms with Crippen LogP contribution in [0.5, 0.6) is 0 Å². The fraction of sp³-hybridized carbons (Fsp3) is 0.286. The Morgan fingerprint density at radius 2 is 1.82 bits per heavy atom. The third kappa shape index (κ3) is 2.72. The molecule has 3 heteroatoms. The van der Waals surface area contributed by atoms with E-state index in [9.17, 15) is 0 Å². The van der Waals surface area contributed by atoms with E-state index in [1.165, 1.54) is 22.4 Å². The van der Waals surface area contributed by atoms with Gasteiger partial charge in [0, 0.05) is 5.69 Å². The van der Waals surface area contributed by atoms with E-state index in [0.29, 0.717) is 6.54 Å². The Balaban J connectivity index is 2.17. The van der Waals surface area contributed by atoms with Gasteiger partial charge < -0.3 is 9.73 Å². The zero-order valence-corrected chi connectivity index (χ0v) is 11.9. The summed E-state index contributed by atoms with van der Waals surface area (Å²) in [6.45, 7) is 7.06. The molecule has 90 valence electrons. The van der Waals surface area contributed by atoms with Crippen molar-refractivity contribution in [3.8, 4) is 0 Å².